The van der Waals surface area contributed by atoms with Gasteiger partial charge in [0.15, 0.2) is 0 Å². The van der Waals surface area contributed by atoms with E-state index in [4.69, 9.17) is 4.74 Å². The van der Waals surface area contributed by atoms with E-state index in [2.05, 4.69) is 20.6 Å². The average molecular weight is 415 g/mol. The Kier molecular flexibility index (Phi) is 5.85. The summed E-state index contributed by atoms with van der Waals surface area (Å²) in [6.07, 6.45) is 4.73. The smallest absolute Gasteiger partial charge is 0.265 e. The number of nitrogens with one attached hydrogen (secondary N) is 2. The summed E-state index contributed by atoms with van der Waals surface area (Å²) in [5.74, 6) is -0.469. The maximum Gasteiger partial charge on any atom is 0.265 e. The minimum Gasteiger partial charge on any atom is -0.436 e. The Morgan fingerprint density at radius 1 is 1.16 bits per heavy atom. The number of allylic oxidation sites excluding steroid dienone is 1. The van der Waals surface area contributed by atoms with E-state index in [-0.39, 0.29) is 17.4 Å². The third-order valence-corrected chi connectivity index (χ3v) is 4.44. The first-order valence-corrected chi connectivity index (χ1v) is 9.66. The van der Waals surface area contributed by atoms with Crippen LogP contribution in [0.2, 0.25) is 0 Å². The number of hydrogen-bond donors (Lipinski definition) is 2. The Morgan fingerprint density at radius 2 is 1.94 bits per heavy atom. The van der Waals surface area contributed by atoms with Crippen molar-refractivity contribution >= 4 is 23.2 Å². The molecule has 1 aliphatic carbocycles. The molecule has 154 valence electrons. The molecule has 1 saturated carbocycles. The Hall–Kier alpha value is -4.25. The Morgan fingerprint density at radius 3 is 2.68 bits per heavy atom. The van der Waals surface area contributed by atoms with Gasteiger partial charge >= 0.3 is 0 Å². The molecule has 0 aliphatic heterocycles. The summed E-state index contributed by atoms with van der Waals surface area (Å²) in [5.41, 5.74) is 1.17. The fraction of sp³-hybridized carbons (Fsp3) is 0.130. The molecule has 8 heteroatoms. The van der Waals surface area contributed by atoms with Crippen LogP contribution in [0.3, 0.4) is 0 Å². The van der Waals surface area contributed by atoms with Gasteiger partial charge in [0.1, 0.15) is 17.4 Å². The Labute approximate surface area is 178 Å². The second-order valence-corrected chi connectivity index (χ2v) is 6.95. The SMILES string of the molecule is N#CC(=CC1CC1)C(=O)Nc1cccc(Nc2ncc(F)c(Oc3ccccc3)n2)c1. The van der Waals surface area contributed by atoms with Crippen molar-refractivity contribution in [3.8, 4) is 17.7 Å². The summed E-state index contributed by atoms with van der Waals surface area (Å²) in [6, 6.07) is 17.5. The fourth-order valence-electron chi connectivity index (χ4n) is 2.75. The molecule has 0 saturated heterocycles. The average Bonchev–Trinajstić information content (AvgIpc) is 3.59. The van der Waals surface area contributed by atoms with E-state index in [1.54, 1.807) is 54.6 Å². The van der Waals surface area contributed by atoms with Gasteiger partial charge in [-0.15, -0.1) is 0 Å². The zero-order valence-electron chi connectivity index (χ0n) is 16.4. The van der Waals surface area contributed by atoms with E-state index in [1.165, 1.54) is 0 Å². The maximum atomic E-state index is 14.0. The number of hydrogen-bond acceptors (Lipinski definition) is 6. The van der Waals surface area contributed by atoms with Crippen LogP contribution in [-0.2, 0) is 4.79 Å². The molecule has 7 nitrogen and oxygen atoms in total. The molecular formula is C23H18FN5O2. The van der Waals surface area contributed by atoms with Crippen molar-refractivity contribution in [1.29, 1.82) is 5.26 Å². The Bertz CT molecular complexity index is 1170. The van der Waals surface area contributed by atoms with Crippen molar-refractivity contribution in [3.05, 3.63) is 78.3 Å². The lowest BCUT2D eigenvalue weighted by Gasteiger charge is -2.10. The van der Waals surface area contributed by atoms with Gasteiger partial charge in [0, 0.05) is 11.4 Å². The van der Waals surface area contributed by atoms with Gasteiger partial charge in [0.2, 0.25) is 11.8 Å². The lowest BCUT2D eigenvalue weighted by atomic mass is 10.2. The minimum absolute atomic E-state index is 0.102. The van der Waals surface area contributed by atoms with Crippen LogP contribution < -0.4 is 15.4 Å². The van der Waals surface area contributed by atoms with Crippen molar-refractivity contribution in [2.75, 3.05) is 10.6 Å². The molecule has 0 radical (unpaired) electrons. The number of rotatable bonds is 7. The predicted molar refractivity (Wildman–Crippen MR) is 113 cm³/mol. The summed E-state index contributed by atoms with van der Waals surface area (Å²) in [7, 11) is 0. The molecule has 3 aromatic rings. The van der Waals surface area contributed by atoms with E-state index in [9.17, 15) is 14.4 Å². The molecule has 2 aromatic carbocycles. The van der Waals surface area contributed by atoms with Crippen LogP contribution in [0.1, 0.15) is 12.8 Å². The van der Waals surface area contributed by atoms with Crippen LogP contribution in [0, 0.1) is 23.1 Å². The number of aromatic nitrogens is 2. The summed E-state index contributed by atoms with van der Waals surface area (Å²) in [4.78, 5) is 20.3. The van der Waals surface area contributed by atoms with Crippen molar-refractivity contribution in [3.63, 3.8) is 0 Å². The largest absolute Gasteiger partial charge is 0.436 e. The van der Waals surface area contributed by atoms with Crippen molar-refractivity contribution in [2.45, 2.75) is 12.8 Å². The third kappa shape index (κ3) is 5.42. The monoisotopic (exact) mass is 415 g/mol. The van der Waals surface area contributed by atoms with Crippen molar-refractivity contribution in [1.82, 2.24) is 9.97 Å². The normalized spacial score (nSPS) is 13.2. The molecule has 1 heterocycles. The zero-order valence-corrected chi connectivity index (χ0v) is 16.4. The molecule has 4 rings (SSSR count). The number of anilines is 3. The molecule has 0 unspecified atom stereocenters. The summed E-state index contributed by atoms with van der Waals surface area (Å²) >= 11 is 0. The maximum absolute atomic E-state index is 14.0. The lowest BCUT2D eigenvalue weighted by Crippen LogP contribution is -2.13. The summed E-state index contributed by atoms with van der Waals surface area (Å²) < 4.78 is 19.5. The quantitative estimate of drug-likeness (QED) is 0.418. The molecule has 0 spiro atoms. The highest BCUT2D eigenvalue weighted by Gasteiger charge is 2.21. The highest BCUT2D eigenvalue weighted by Crippen LogP contribution is 2.31. The first-order chi connectivity index (χ1) is 15.1. The fourth-order valence-corrected chi connectivity index (χ4v) is 2.75. The number of carbonyl (C=O) groups is 1. The van der Waals surface area contributed by atoms with E-state index < -0.39 is 11.7 Å². The number of halogens is 1. The summed E-state index contributed by atoms with van der Waals surface area (Å²) in [5, 5.41) is 14.9. The van der Waals surface area contributed by atoms with Crippen LogP contribution in [0.4, 0.5) is 21.7 Å². The predicted octanol–water partition coefficient (Wildman–Crippen LogP) is 4.95. The minimum atomic E-state index is -0.693. The Balaban J connectivity index is 1.47. The number of nitrogens with zero attached hydrogens (tertiary/aromatic N) is 3. The van der Waals surface area contributed by atoms with Gasteiger partial charge < -0.3 is 15.4 Å². The van der Waals surface area contributed by atoms with Gasteiger partial charge in [0.05, 0.1) is 6.20 Å². The molecule has 1 fully saturated rings. The van der Waals surface area contributed by atoms with Gasteiger partial charge in [-0.2, -0.15) is 14.6 Å². The lowest BCUT2D eigenvalue weighted by molar-refractivity contribution is -0.112. The van der Waals surface area contributed by atoms with E-state index >= 15 is 0 Å². The molecule has 31 heavy (non-hydrogen) atoms. The van der Waals surface area contributed by atoms with Crippen LogP contribution in [0.15, 0.2) is 72.4 Å². The molecule has 0 bridgehead atoms. The van der Waals surface area contributed by atoms with Gasteiger partial charge in [-0.1, -0.05) is 30.3 Å². The highest BCUT2D eigenvalue weighted by atomic mass is 19.1. The van der Waals surface area contributed by atoms with E-state index in [0.29, 0.717) is 23.0 Å². The van der Waals surface area contributed by atoms with E-state index in [0.717, 1.165) is 19.0 Å². The topological polar surface area (TPSA) is 99.9 Å². The molecule has 1 amide bonds. The molecule has 1 aliphatic rings. The van der Waals surface area contributed by atoms with Crippen LogP contribution in [0.25, 0.3) is 0 Å². The van der Waals surface area contributed by atoms with Gasteiger partial charge in [-0.3, -0.25) is 4.79 Å². The van der Waals surface area contributed by atoms with Gasteiger partial charge in [-0.05, 0) is 49.1 Å². The van der Waals surface area contributed by atoms with Crippen molar-refractivity contribution in [2.24, 2.45) is 5.92 Å². The number of ether oxygens (including phenoxy) is 1. The number of carbonyl (C=O) groups excluding carboxylic acids is 1. The zero-order chi connectivity index (χ0) is 21.6. The summed E-state index contributed by atoms with van der Waals surface area (Å²) in [6.45, 7) is 0. The highest BCUT2D eigenvalue weighted by molar-refractivity contribution is 6.06. The molecular weight excluding hydrogens is 397 g/mol. The van der Waals surface area contributed by atoms with Crippen molar-refractivity contribution < 1.29 is 13.9 Å². The first kappa shape index (κ1) is 20.0. The standard InChI is InChI=1S/C23H18FN5O2/c24-20-14-26-23(29-22(20)31-19-7-2-1-3-8-19)28-18-6-4-5-17(12-18)27-21(30)16(13-25)11-15-9-10-15/h1-8,11-12,14-15H,9-10H2,(H,27,30)(H,26,28,29). The first-order valence-electron chi connectivity index (χ1n) is 9.66. The molecule has 1 aromatic heterocycles. The van der Waals surface area contributed by atoms with E-state index in [1.807, 2.05) is 12.1 Å². The van der Waals surface area contributed by atoms with Crippen LogP contribution in [-0.4, -0.2) is 15.9 Å². The van der Waals surface area contributed by atoms with Gasteiger partial charge in [-0.25, -0.2) is 4.98 Å². The van der Waals surface area contributed by atoms with Crippen LogP contribution in [0.5, 0.6) is 11.6 Å². The number of nitriles is 1. The number of amides is 1. The number of para-hydroxylation sites is 1. The van der Waals surface area contributed by atoms with Gasteiger partial charge in [0.25, 0.3) is 11.8 Å². The molecule has 2 N–H and O–H groups in total. The molecule has 0 atom stereocenters. The number of benzene rings is 2. The van der Waals surface area contributed by atoms with Crippen LogP contribution >= 0.6 is 0 Å². The second-order valence-electron chi connectivity index (χ2n) is 6.95. The third-order valence-electron chi connectivity index (χ3n) is 4.44. The second kappa shape index (κ2) is 9.05.